The van der Waals surface area contributed by atoms with E-state index in [1.165, 1.54) is 6.42 Å². The summed E-state index contributed by atoms with van der Waals surface area (Å²) in [6, 6.07) is -0.549. The van der Waals surface area contributed by atoms with E-state index in [4.69, 9.17) is 4.74 Å². The Morgan fingerprint density at radius 3 is 2.21 bits per heavy atom. The fourth-order valence-electron chi connectivity index (χ4n) is 2.05. The van der Waals surface area contributed by atoms with Crippen LogP contribution < -0.4 is 5.32 Å². The van der Waals surface area contributed by atoms with Crippen LogP contribution in [0, 0.1) is 11.8 Å². The average Bonchev–Trinajstić information content (AvgIpc) is 2.16. The number of carbonyl (C=O) groups excluding carboxylic acids is 2. The normalized spacial score (nSPS) is 17.8. The summed E-state index contributed by atoms with van der Waals surface area (Å²) < 4.78 is 5.35. The van der Waals surface area contributed by atoms with Crippen LogP contribution in [0.3, 0.4) is 0 Å². The first-order valence-electron chi connectivity index (χ1n) is 7.21. The molecule has 0 bridgehead atoms. The van der Waals surface area contributed by atoms with Gasteiger partial charge in [-0.25, -0.2) is 4.79 Å². The Morgan fingerprint density at radius 2 is 1.84 bits per heavy atom. The molecule has 0 aromatic carbocycles. The topological polar surface area (TPSA) is 55.4 Å². The number of amides is 1. The second-order valence-corrected chi connectivity index (χ2v) is 6.82. The molecule has 0 heterocycles. The maximum absolute atomic E-state index is 12.1. The van der Waals surface area contributed by atoms with Crippen molar-refractivity contribution in [1.82, 2.24) is 5.32 Å². The minimum Gasteiger partial charge on any atom is -0.458 e. The van der Waals surface area contributed by atoms with E-state index in [2.05, 4.69) is 5.32 Å². The summed E-state index contributed by atoms with van der Waals surface area (Å²) >= 11 is 0. The summed E-state index contributed by atoms with van der Waals surface area (Å²) in [6.45, 7) is 9.33. The molecular formula is C15H27NO3. The molecule has 1 aliphatic rings. The molecule has 0 spiro atoms. The van der Waals surface area contributed by atoms with Crippen molar-refractivity contribution in [3.63, 3.8) is 0 Å². The summed E-state index contributed by atoms with van der Waals surface area (Å²) in [5, 5.41) is 2.82. The van der Waals surface area contributed by atoms with Gasteiger partial charge in [-0.3, -0.25) is 4.79 Å². The minimum absolute atomic E-state index is 0.0280. The molecule has 0 aromatic rings. The molecule has 1 fully saturated rings. The van der Waals surface area contributed by atoms with Crippen molar-refractivity contribution in [2.24, 2.45) is 11.8 Å². The van der Waals surface area contributed by atoms with Crippen LogP contribution in [0.25, 0.3) is 0 Å². The van der Waals surface area contributed by atoms with Crippen LogP contribution in [0.1, 0.15) is 60.3 Å². The van der Waals surface area contributed by atoms with Crippen LogP contribution in [-0.2, 0) is 14.3 Å². The molecule has 0 aliphatic heterocycles. The van der Waals surface area contributed by atoms with Crippen molar-refractivity contribution >= 4 is 11.9 Å². The van der Waals surface area contributed by atoms with Crippen LogP contribution in [0.15, 0.2) is 0 Å². The lowest BCUT2D eigenvalue weighted by Gasteiger charge is -2.28. The van der Waals surface area contributed by atoms with Gasteiger partial charge in [-0.1, -0.05) is 20.3 Å². The zero-order valence-electron chi connectivity index (χ0n) is 12.8. The number of ether oxygens (including phenoxy) is 1. The number of esters is 1. The smallest absolute Gasteiger partial charge is 0.329 e. The van der Waals surface area contributed by atoms with Crippen LogP contribution in [0.5, 0.6) is 0 Å². The highest BCUT2D eigenvalue weighted by atomic mass is 16.6. The molecule has 1 N–H and O–H groups in total. The maximum Gasteiger partial charge on any atom is 0.329 e. The van der Waals surface area contributed by atoms with Gasteiger partial charge in [-0.05, 0) is 45.4 Å². The van der Waals surface area contributed by atoms with Crippen molar-refractivity contribution in [3.8, 4) is 0 Å². The Morgan fingerprint density at radius 1 is 1.26 bits per heavy atom. The van der Waals surface area contributed by atoms with Crippen molar-refractivity contribution in [2.45, 2.75) is 71.9 Å². The minimum atomic E-state index is -0.549. The largest absolute Gasteiger partial charge is 0.458 e. The van der Waals surface area contributed by atoms with Crippen LogP contribution in [-0.4, -0.2) is 23.5 Å². The Balaban J connectivity index is 2.51. The third kappa shape index (κ3) is 5.62. The molecule has 1 aliphatic carbocycles. The lowest BCUT2D eigenvalue weighted by molar-refractivity contribution is -0.160. The third-order valence-corrected chi connectivity index (χ3v) is 3.34. The number of nitrogens with one attached hydrogen (secondary N) is 1. The van der Waals surface area contributed by atoms with Crippen molar-refractivity contribution in [2.75, 3.05) is 0 Å². The van der Waals surface area contributed by atoms with Gasteiger partial charge in [0, 0.05) is 6.42 Å². The van der Waals surface area contributed by atoms with E-state index >= 15 is 0 Å². The van der Waals surface area contributed by atoms with Gasteiger partial charge in [-0.2, -0.15) is 0 Å². The van der Waals surface area contributed by atoms with E-state index in [9.17, 15) is 9.59 Å². The highest BCUT2D eigenvalue weighted by molar-refractivity contribution is 5.85. The van der Waals surface area contributed by atoms with Crippen LogP contribution >= 0.6 is 0 Å². The van der Waals surface area contributed by atoms with Gasteiger partial charge in [-0.15, -0.1) is 0 Å². The first kappa shape index (κ1) is 16.0. The molecule has 0 radical (unpaired) electrons. The second kappa shape index (κ2) is 6.40. The lowest BCUT2D eigenvalue weighted by atomic mass is 9.83. The van der Waals surface area contributed by atoms with Gasteiger partial charge in [0.1, 0.15) is 11.6 Å². The number of carbonyl (C=O) groups is 2. The zero-order valence-corrected chi connectivity index (χ0v) is 12.8. The van der Waals surface area contributed by atoms with Gasteiger partial charge < -0.3 is 10.1 Å². The van der Waals surface area contributed by atoms with Gasteiger partial charge in [0.25, 0.3) is 0 Å². The first-order valence-corrected chi connectivity index (χ1v) is 7.21. The Labute approximate surface area is 116 Å². The molecule has 1 rings (SSSR count). The fourth-order valence-corrected chi connectivity index (χ4v) is 2.05. The quantitative estimate of drug-likeness (QED) is 0.781. The molecule has 4 nitrogen and oxygen atoms in total. The van der Waals surface area contributed by atoms with E-state index in [0.29, 0.717) is 12.3 Å². The Kier molecular flexibility index (Phi) is 5.39. The molecule has 4 heteroatoms. The summed E-state index contributed by atoms with van der Waals surface area (Å²) in [7, 11) is 0. The average molecular weight is 269 g/mol. The Bertz CT molecular complexity index is 327. The Hall–Kier alpha value is -1.06. The monoisotopic (exact) mass is 269 g/mol. The molecule has 0 aromatic heterocycles. The van der Waals surface area contributed by atoms with E-state index < -0.39 is 11.6 Å². The maximum atomic E-state index is 12.1. The van der Waals surface area contributed by atoms with Crippen molar-refractivity contribution < 1.29 is 14.3 Å². The fraction of sp³-hybridized carbons (Fsp3) is 0.867. The van der Waals surface area contributed by atoms with Crippen LogP contribution in [0.4, 0.5) is 0 Å². The standard InChI is InChI=1S/C15H27NO3/c1-10(2)13(14(18)19-15(3,4)5)16-12(17)9-11-7-6-8-11/h10-11,13H,6-9H2,1-5H3,(H,16,17)/t13-/m0/s1. The van der Waals surface area contributed by atoms with Crippen LogP contribution in [0.2, 0.25) is 0 Å². The molecule has 1 amide bonds. The van der Waals surface area contributed by atoms with E-state index in [0.717, 1.165) is 12.8 Å². The third-order valence-electron chi connectivity index (χ3n) is 3.34. The van der Waals surface area contributed by atoms with Gasteiger partial charge >= 0.3 is 5.97 Å². The number of hydrogen-bond donors (Lipinski definition) is 1. The zero-order chi connectivity index (χ0) is 14.6. The lowest BCUT2D eigenvalue weighted by Crippen LogP contribution is -2.47. The predicted molar refractivity (Wildman–Crippen MR) is 74.6 cm³/mol. The molecule has 0 unspecified atom stereocenters. The molecule has 1 atom stereocenters. The molecule has 19 heavy (non-hydrogen) atoms. The van der Waals surface area contributed by atoms with Crippen molar-refractivity contribution in [1.29, 1.82) is 0 Å². The number of hydrogen-bond acceptors (Lipinski definition) is 3. The summed E-state index contributed by atoms with van der Waals surface area (Å²) in [5.74, 6) is 0.158. The summed E-state index contributed by atoms with van der Waals surface area (Å²) in [5.41, 5.74) is -0.525. The first-order chi connectivity index (χ1) is 8.69. The predicted octanol–water partition coefficient (Wildman–Crippen LogP) is 2.66. The van der Waals surface area contributed by atoms with Crippen molar-refractivity contribution in [3.05, 3.63) is 0 Å². The van der Waals surface area contributed by atoms with Gasteiger partial charge in [0.15, 0.2) is 0 Å². The van der Waals surface area contributed by atoms with E-state index in [1.807, 2.05) is 34.6 Å². The highest BCUT2D eigenvalue weighted by Crippen LogP contribution is 2.29. The SMILES string of the molecule is CC(C)[C@H](NC(=O)CC1CCC1)C(=O)OC(C)(C)C. The molecule has 110 valence electrons. The van der Waals surface area contributed by atoms with Gasteiger partial charge in [0.05, 0.1) is 0 Å². The summed E-state index contributed by atoms with van der Waals surface area (Å²) in [6.07, 6.45) is 4.02. The van der Waals surface area contributed by atoms with Gasteiger partial charge in [0.2, 0.25) is 5.91 Å². The molecule has 1 saturated carbocycles. The summed E-state index contributed by atoms with van der Waals surface area (Å²) in [4.78, 5) is 24.0. The number of rotatable bonds is 5. The highest BCUT2D eigenvalue weighted by Gasteiger charge is 2.30. The van der Waals surface area contributed by atoms with E-state index in [-0.39, 0.29) is 17.8 Å². The van der Waals surface area contributed by atoms with E-state index in [1.54, 1.807) is 0 Å². The molecular weight excluding hydrogens is 242 g/mol. The molecule has 0 saturated heterocycles. The second-order valence-electron chi connectivity index (χ2n) is 6.82.